The van der Waals surface area contributed by atoms with E-state index in [-0.39, 0.29) is 58.3 Å². The molecule has 27 heteroatoms. The Hall–Kier alpha value is -8.69. The van der Waals surface area contributed by atoms with Gasteiger partial charge in [0.1, 0.15) is 34.3 Å². The highest BCUT2D eigenvalue weighted by molar-refractivity contribution is 6.29. The van der Waals surface area contributed by atoms with Gasteiger partial charge >= 0.3 is 0 Å². The number of aliphatic hydroxyl groups excluding tert-OH is 2. The van der Waals surface area contributed by atoms with Gasteiger partial charge in [-0.2, -0.15) is 5.10 Å². The van der Waals surface area contributed by atoms with Crippen molar-refractivity contribution in [2.24, 2.45) is 0 Å². The van der Waals surface area contributed by atoms with Crippen molar-refractivity contribution in [1.82, 2.24) is 39.8 Å². The minimum atomic E-state index is -1.53. The summed E-state index contributed by atoms with van der Waals surface area (Å²) in [6.45, 7) is 2.42. The van der Waals surface area contributed by atoms with Crippen LogP contribution in [0.1, 0.15) is 46.0 Å². The van der Waals surface area contributed by atoms with Crippen LogP contribution in [0.5, 0.6) is 23.0 Å². The van der Waals surface area contributed by atoms with E-state index in [1.54, 1.807) is 26.4 Å². The number of nitrogens with one attached hydrogen (secondary N) is 3. The minimum absolute atomic E-state index is 0.0132. The van der Waals surface area contributed by atoms with Crippen LogP contribution in [-0.4, -0.2) is 141 Å². The molecule has 4 aromatic heterocycles. The quantitative estimate of drug-likeness (QED) is 0.0324. The molecule has 2 atom stereocenters. The standard InChI is InChI=1S/C27H30F2N6O5.C20H24ClN5O4.C7H7F2NO/c1-27(38,15-36)14-31-26(37)22-12-30-25-21(34(2)13-16-5-7-18(39-3)8-6-16)11-23(33-35(22)25)32-20-10-17(28)9-19(29)24(20)40-4;1-20(29,12-27)11-23-19(28)16-9-22-18-15(8-17(21)24-26(16)18)25(2)10-13-4-6-14(30-3)7-5-13;1-11-7-5(9)2-4(8)3-6(7)10/h5-12,36,38H,13-15H2,1-4H3,(H,31,37)(H,32,33);4-9,27,29H,10-12H2,1-3H3,(H,23,28);2-3H,10H2,1H3/t27-;20-;/m00./s1. The summed E-state index contributed by atoms with van der Waals surface area (Å²) in [5.41, 5.74) is 6.48. The SMILES string of the molecule is COc1c(N)cc(F)cc1F.COc1ccc(CN(C)c2cc(Cl)nn3c(C(=O)NC[C@](C)(O)CO)cnc23)cc1.COc1ccc(CN(C)c2cc(Nc3cc(F)cc(F)c3OC)nn3c(C(=O)NC[C@](C)(O)CO)cnc23)cc1. The van der Waals surface area contributed by atoms with E-state index in [2.05, 4.69) is 40.9 Å². The van der Waals surface area contributed by atoms with Crippen molar-refractivity contribution in [3.8, 4) is 23.0 Å². The van der Waals surface area contributed by atoms with Gasteiger partial charge in [-0.25, -0.2) is 36.6 Å². The van der Waals surface area contributed by atoms with Crippen molar-refractivity contribution in [2.75, 3.05) is 89.7 Å². The predicted octanol–water partition coefficient (Wildman–Crippen LogP) is 5.93. The lowest BCUT2D eigenvalue weighted by Crippen LogP contribution is -2.43. The average molecular weight is 1150 g/mol. The Kier molecular flexibility index (Phi) is 20.5. The fraction of sp³-hybridized carbons (Fsp3) is 0.296. The Labute approximate surface area is 467 Å². The van der Waals surface area contributed by atoms with E-state index in [1.165, 1.54) is 49.5 Å². The van der Waals surface area contributed by atoms with Crippen LogP contribution >= 0.6 is 11.6 Å². The first-order valence-corrected chi connectivity index (χ1v) is 24.7. The molecule has 0 fully saturated rings. The molecule has 81 heavy (non-hydrogen) atoms. The first kappa shape index (κ1) is 61.5. The zero-order chi connectivity index (χ0) is 59.3. The average Bonchev–Trinajstić information content (AvgIpc) is 4.08. The first-order chi connectivity index (χ1) is 38.4. The van der Waals surface area contributed by atoms with Gasteiger partial charge in [0.05, 0.1) is 76.8 Å². The van der Waals surface area contributed by atoms with Crippen molar-refractivity contribution in [3.05, 3.63) is 148 Å². The fourth-order valence-corrected chi connectivity index (χ4v) is 7.80. The lowest BCUT2D eigenvalue weighted by atomic mass is 10.1. The third-order valence-electron chi connectivity index (χ3n) is 12.0. The second-order valence-electron chi connectivity index (χ2n) is 18.7. The number of carbonyl (C=O) groups is 2. The van der Waals surface area contributed by atoms with Gasteiger partial charge in [0.2, 0.25) is 0 Å². The molecular weight excluding hydrogens is 1090 g/mol. The van der Waals surface area contributed by atoms with E-state index >= 15 is 0 Å². The van der Waals surface area contributed by atoms with E-state index in [0.29, 0.717) is 47.6 Å². The molecule has 8 aromatic rings. The summed E-state index contributed by atoms with van der Waals surface area (Å²) in [7, 11) is 9.44. The van der Waals surface area contributed by atoms with Gasteiger partial charge in [-0.3, -0.25) is 9.59 Å². The van der Waals surface area contributed by atoms with Crippen LogP contribution in [-0.2, 0) is 13.1 Å². The number of hydrogen-bond acceptors (Lipinski definition) is 18. The molecule has 4 aromatic carbocycles. The second-order valence-corrected chi connectivity index (χ2v) is 19.1. The largest absolute Gasteiger partial charge is 0.497 e. The number of nitrogen functional groups attached to an aromatic ring is 1. The van der Waals surface area contributed by atoms with Crippen molar-refractivity contribution >= 4 is 63.3 Å². The molecular formula is C54H61ClF4N12O10. The smallest absolute Gasteiger partial charge is 0.271 e. The predicted molar refractivity (Wildman–Crippen MR) is 295 cm³/mol. The number of anilines is 5. The molecule has 0 saturated carbocycles. The molecule has 0 aliphatic rings. The Morgan fingerprint density at radius 1 is 0.642 bits per heavy atom. The number of fused-ring (bicyclic) bond motifs is 2. The molecule has 0 aliphatic carbocycles. The van der Waals surface area contributed by atoms with E-state index in [9.17, 15) is 42.5 Å². The molecule has 8 rings (SSSR count). The summed E-state index contributed by atoms with van der Waals surface area (Å²) in [6.07, 6.45) is 2.72. The summed E-state index contributed by atoms with van der Waals surface area (Å²) in [5, 5.41) is 55.2. The number of benzene rings is 4. The lowest BCUT2D eigenvalue weighted by molar-refractivity contribution is 0.00310. The van der Waals surface area contributed by atoms with Gasteiger partial charge in [0, 0.05) is 76.7 Å². The van der Waals surface area contributed by atoms with Gasteiger partial charge in [-0.05, 0) is 49.2 Å². The highest BCUT2D eigenvalue weighted by Gasteiger charge is 2.26. The Balaban J connectivity index is 0.000000225. The second kappa shape index (κ2) is 27.0. The molecule has 22 nitrogen and oxygen atoms in total. The van der Waals surface area contributed by atoms with Crippen LogP contribution in [0, 0.1) is 23.3 Å². The Morgan fingerprint density at radius 2 is 1.07 bits per heavy atom. The molecule has 432 valence electrons. The zero-order valence-corrected chi connectivity index (χ0v) is 46.0. The summed E-state index contributed by atoms with van der Waals surface area (Å²) >= 11 is 6.21. The third kappa shape index (κ3) is 15.8. The molecule has 9 N–H and O–H groups in total. The molecule has 0 radical (unpaired) electrons. The maximum absolute atomic E-state index is 14.4. The maximum Gasteiger partial charge on any atom is 0.271 e. The highest BCUT2D eigenvalue weighted by atomic mass is 35.5. The van der Waals surface area contributed by atoms with E-state index in [1.807, 2.05) is 72.4 Å². The Morgan fingerprint density at radius 3 is 1.51 bits per heavy atom. The monoisotopic (exact) mass is 1150 g/mol. The van der Waals surface area contributed by atoms with Gasteiger partial charge in [0.25, 0.3) is 11.8 Å². The molecule has 0 aliphatic heterocycles. The molecule has 4 heterocycles. The number of rotatable bonds is 20. The van der Waals surface area contributed by atoms with Crippen molar-refractivity contribution in [2.45, 2.75) is 38.1 Å². The zero-order valence-electron chi connectivity index (χ0n) is 45.3. The maximum atomic E-state index is 14.4. The van der Waals surface area contributed by atoms with Crippen molar-refractivity contribution < 1.29 is 66.5 Å². The number of hydrogen-bond donors (Lipinski definition) is 8. The minimum Gasteiger partial charge on any atom is -0.497 e. The van der Waals surface area contributed by atoms with Crippen LogP contribution in [0.3, 0.4) is 0 Å². The number of carbonyl (C=O) groups excluding carboxylic acids is 2. The van der Waals surface area contributed by atoms with Gasteiger partial charge in [0.15, 0.2) is 56.8 Å². The number of aromatic nitrogens is 6. The van der Waals surface area contributed by atoms with E-state index in [0.717, 1.165) is 35.1 Å². The number of methoxy groups -OCH3 is 4. The topological polar surface area (TPSA) is 281 Å². The molecule has 0 bridgehead atoms. The summed E-state index contributed by atoms with van der Waals surface area (Å²) in [4.78, 5) is 38.1. The number of nitrogens with zero attached hydrogens (tertiary/aromatic N) is 8. The Bertz CT molecular complexity index is 3440. The number of halogens is 5. The summed E-state index contributed by atoms with van der Waals surface area (Å²) in [6, 6.07) is 22.0. The van der Waals surface area contributed by atoms with E-state index < -0.39 is 59.5 Å². The van der Waals surface area contributed by atoms with Gasteiger partial charge < -0.3 is 70.9 Å². The molecule has 0 saturated heterocycles. The normalized spacial score (nSPS) is 12.4. The number of amides is 2. The van der Waals surface area contributed by atoms with Crippen LogP contribution in [0.2, 0.25) is 5.15 Å². The van der Waals surface area contributed by atoms with E-state index in [4.69, 9.17) is 36.7 Å². The van der Waals surface area contributed by atoms with Crippen molar-refractivity contribution in [1.29, 1.82) is 0 Å². The number of ether oxygens (including phenoxy) is 4. The van der Waals surface area contributed by atoms with Crippen LogP contribution in [0.4, 0.5) is 46.1 Å². The first-order valence-electron chi connectivity index (χ1n) is 24.4. The van der Waals surface area contributed by atoms with Gasteiger partial charge in [-0.15, -0.1) is 5.10 Å². The fourth-order valence-electron chi connectivity index (χ4n) is 7.62. The third-order valence-corrected chi connectivity index (χ3v) is 12.2. The molecule has 2 amide bonds. The summed E-state index contributed by atoms with van der Waals surface area (Å²) in [5.74, 6) is -3.02. The lowest BCUT2D eigenvalue weighted by Gasteiger charge is -2.22. The number of aliphatic hydroxyl groups is 4. The van der Waals surface area contributed by atoms with Crippen LogP contribution < -0.4 is 50.4 Å². The van der Waals surface area contributed by atoms with Crippen LogP contribution in [0.15, 0.2) is 97.3 Å². The molecule has 0 spiro atoms. The number of imidazole rings is 2. The highest BCUT2D eigenvalue weighted by Crippen LogP contribution is 2.34. The van der Waals surface area contributed by atoms with Gasteiger partial charge in [-0.1, -0.05) is 35.9 Å². The summed E-state index contributed by atoms with van der Waals surface area (Å²) < 4.78 is 76.2. The number of nitrogens with two attached hydrogens (primary N) is 1. The van der Waals surface area contributed by atoms with Crippen molar-refractivity contribution in [3.63, 3.8) is 0 Å². The van der Waals surface area contributed by atoms with Crippen LogP contribution in [0.25, 0.3) is 11.3 Å². The molecule has 0 unspecified atom stereocenters.